The summed E-state index contributed by atoms with van der Waals surface area (Å²) in [5, 5.41) is 3.24. The van der Waals surface area contributed by atoms with E-state index >= 15 is 0 Å². The Morgan fingerprint density at radius 2 is 1.69 bits per heavy atom. The van der Waals surface area contributed by atoms with Crippen LogP contribution in [0.15, 0.2) is 43.0 Å². The summed E-state index contributed by atoms with van der Waals surface area (Å²) < 4.78 is 3.87. The molecule has 1 aromatic carbocycles. The van der Waals surface area contributed by atoms with Gasteiger partial charge in [-0.25, -0.2) is 0 Å². The first kappa shape index (κ1) is 17.9. The molecule has 3 aromatic rings. The van der Waals surface area contributed by atoms with Crippen molar-refractivity contribution in [3.05, 3.63) is 76.1 Å². The van der Waals surface area contributed by atoms with E-state index in [0.717, 1.165) is 44.0 Å². The molecule has 0 fully saturated rings. The minimum absolute atomic E-state index is 0.885. The lowest BCUT2D eigenvalue weighted by atomic mass is 10.1. The second-order valence-corrected chi connectivity index (χ2v) is 6.26. The highest BCUT2D eigenvalue weighted by atomic mass is 14.9. The predicted octanol–water partition coefficient (Wildman–Crippen LogP) is 3.86. The van der Waals surface area contributed by atoms with Crippen LogP contribution in [0.1, 0.15) is 36.4 Å². The number of aryl methyl sites for hydroxylation is 1. The molecule has 0 N–H and O–H groups in total. The average Bonchev–Trinajstić information content (AvgIpc) is 3.03. The van der Waals surface area contributed by atoms with E-state index < -0.39 is 0 Å². The quantitative estimate of drug-likeness (QED) is 0.640. The number of fused-ring (bicyclic) bond motifs is 1. The highest BCUT2D eigenvalue weighted by Crippen LogP contribution is 2.26. The van der Waals surface area contributed by atoms with Crippen LogP contribution in [0, 0.1) is 0 Å². The van der Waals surface area contributed by atoms with Gasteiger partial charge >= 0.3 is 0 Å². The van der Waals surface area contributed by atoms with E-state index in [0.29, 0.717) is 0 Å². The van der Waals surface area contributed by atoms with Crippen molar-refractivity contribution >= 4 is 49.8 Å². The Morgan fingerprint density at radius 1 is 1.00 bits per heavy atom. The van der Waals surface area contributed by atoms with Gasteiger partial charge < -0.3 is 9.05 Å². The third kappa shape index (κ3) is 2.70. The molecule has 0 bridgehead atoms. The van der Waals surface area contributed by atoms with Crippen molar-refractivity contribution < 1.29 is 0 Å². The Kier molecular flexibility index (Phi) is 4.90. The molecule has 3 heteroatoms. The fourth-order valence-corrected chi connectivity index (χ4v) is 3.51. The number of hydrogen-bond acceptors (Lipinski definition) is 0. The first-order valence-electron chi connectivity index (χ1n) is 8.70. The SMILES string of the molecule is [B]n1c(C=C)c(/C=c2\c(=C)c3ccccc3n2C)c(/C=C\C)c1/C=C\C. The Bertz CT molecular complexity index is 1150. The smallest absolute Gasteiger partial charge is 0.234 e. The zero-order valence-corrected chi connectivity index (χ0v) is 15.7. The van der Waals surface area contributed by atoms with E-state index in [4.69, 9.17) is 7.98 Å². The van der Waals surface area contributed by atoms with E-state index in [-0.39, 0.29) is 0 Å². The third-order valence-corrected chi connectivity index (χ3v) is 4.75. The van der Waals surface area contributed by atoms with Crippen molar-refractivity contribution in [1.82, 2.24) is 9.05 Å². The molecule has 2 radical (unpaired) electrons. The van der Waals surface area contributed by atoms with Gasteiger partial charge in [0, 0.05) is 51.0 Å². The number of allylic oxidation sites excluding steroid dienone is 2. The van der Waals surface area contributed by atoms with Crippen molar-refractivity contribution in [2.45, 2.75) is 13.8 Å². The fraction of sp³-hybridized carbons (Fsp3) is 0.130. The van der Waals surface area contributed by atoms with Crippen LogP contribution in [0.4, 0.5) is 0 Å². The number of para-hydroxylation sites is 1. The normalized spacial score (nSPS) is 12.8. The first-order chi connectivity index (χ1) is 12.5. The van der Waals surface area contributed by atoms with Crippen LogP contribution in [-0.4, -0.2) is 17.0 Å². The number of nitrogens with zero attached hydrogens (tertiary/aromatic N) is 2. The molecule has 0 aliphatic heterocycles. The van der Waals surface area contributed by atoms with Gasteiger partial charge in [-0.05, 0) is 38.1 Å². The number of benzene rings is 1. The third-order valence-electron chi connectivity index (χ3n) is 4.75. The van der Waals surface area contributed by atoms with Crippen LogP contribution in [0.3, 0.4) is 0 Å². The van der Waals surface area contributed by atoms with Crippen LogP contribution < -0.4 is 10.6 Å². The summed E-state index contributed by atoms with van der Waals surface area (Å²) in [6, 6.07) is 8.31. The molecule has 0 spiro atoms. The lowest BCUT2D eigenvalue weighted by Gasteiger charge is -2.01. The zero-order chi connectivity index (χ0) is 18.8. The second-order valence-electron chi connectivity index (χ2n) is 6.26. The highest BCUT2D eigenvalue weighted by Gasteiger charge is 2.14. The summed E-state index contributed by atoms with van der Waals surface area (Å²) >= 11 is 0. The van der Waals surface area contributed by atoms with Gasteiger partial charge in [-0.15, -0.1) is 0 Å². The maximum atomic E-state index is 6.35. The Morgan fingerprint density at radius 3 is 2.31 bits per heavy atom. The minimum Gasteiger partial charge on any atom is -0.397 e. The van der Waals surface area contributed by atoms with Crippen molar-refractivity contribution in [3.63, 3.8) is 0 Å². The largest absolute Gasteiger partial charge is 0.397 e. The Labute approximate surface area is 156 Å². The van der Waals surface area contributed by atoms with E-state index in [9.17, 15) is 0 Å². The van der Waals surface area contributed by atoms with Crippen LogP contribution in [0.2, 0.25) is 0 Å². The molecule has 0 aliphatic rings. The van der Waals surface area contributed by atoms with Crippen molar-refractivity contribution in [2.24, 2.45) is 7.05 Å². The molecule has 0 atom stereocenters. The van der Waals surface area contributed by atoms with Gasteiger partial charge in [0.25, 0.3) is 0 Å². The average molecular weight is 338 g/mol. The van der Waals surface area contributed by atoms with Crippen LogP contribution in [0.25, 0.3) is 41.8 Å². The molecule has 0 aliphatic carbocycles. The van der Waals surface area contributed by atoms with E-state index in [1.807, 2.05) is 44.2 Å². The molecule has 2 heterocycles. The molecule has 26 heavy (non-hydrogen) atoms. The molecule has 0 saturated heterocycles. The number of rotatable bonds is 4. The van der Waals surface area contributed by atoms with Crippen molar-refractivity contribution in [2.75, 3.05) is 0 Å². The van der Waals surface area contributed by atoms with Crippen LogP contribution in [-0.2, 0) is 7.05 Å². The van der Waals surface area contributed by atoms with E-state index in [1.165, 1.54) is 0 Å². The molecule has 2 aromatic heterocycles. The summed E-state index contributed by atoms with van der Waals surface area (Å²) in [6.45, 7) is 12.3. The molecule has 2 nitrogen and oxygen atoms in total. The fourth-order valence-electron chi connectivity index (χ4n) is 3.51. The number of hydrogen-bond donors (Lipinski definition) is 0. The summed E-state index contributed by atoms with van der Waals surface area (Å²) in [7, 11) is 8.42. The topological polar surface area (TPSA) is 9.86 Å². The number of aromatic nitrogens is 2. The van der Waals surface area contributed by atoms with E-state index in [1.54, 1.807) is 10.6 Å². The van der Waals surface area contributed by atoms with Gasteiger partial charge in [0.05, 0.1) is 0 Å². The lowest BCUT2D eigenvalue weighted by Crippen LogP contribution is -2.26. The Hall–Kier alpha value is -2.94. The summed E-state index contributed by atoms with van der Waals surface area (Å²) in [5.41, 5.74) is 5.13. The highest BCUT2D eigenvalue weighted by molar-refractivity contribution is 6.10. The lowest BCUT2D eigenvalue weighted by molar-refractivity contribution is 0.925. The zero-order valence-electron chi connectivity index (χ0n) is 15.7. The predicted molar refractivity (Wildman–Crippen MR) is 116 cm³/mol. The molecule has 0 amide bonds. The minimum atomic E-state index is 0.885. The van der Waals surface area contributed by atoms with Crippen LogP contribution >= 0.6 is 0 Å². The van der Waals surface area contributed by atoms with Gasteiger partial charge in [0.2, 0.25) is 7.98 Å². The second kappa shape index (κ2) is 7.13. The summed E-state index contributed by atoms with van der Waals surface area (Å²) in [5.74, 6) is 0. The standard InChI is InChI=1S/C23H23BN2/c1-6-11-18-19(20(8-3)26(24)22(18)12-7-2)15-23-16(4)17-13-9-10-14-21(17)25(23)5/h6-15H,3-4H2,1-2,5H3/b11-6-,12-7-,23-15+. The van der Waals surface area contributed by atoms with Gasteiger partial charge in [0.15, 0.2) is 0 Å². The molecule has 128 valence electrons. The first-order valence-corrected chi connectivity index (χ1v) is 8.70. The molecule has 3 rings (SSSR count). The van der Waals surface area contributed by atoms with Gasteiger partial charge in [-0.2, -0.15) is 0 Å². The van der Waals surface area contributed by atoms with Gasteiger partial charge in [0.1, 0.15) is 0 Å². The monoisotopic (exact) mass is 338 g/mol. The molecule has 0 unspecified atom stereocenters. The van der Waals surface area contributed by atoms with Crippen molar-refractivity contribution in [3.8, 4) is 0 Å². The Balaban J connectivity index is 2.46. The molecular formula is C23H23BN2. The molecule has 0 saturated carbocycles. The van der Waals surface area contributed by atoms with Gasteiger partial charge in [-0.1, -0.05) is 49.6 Å². The maximum absolute atomic E-state index is 6.35. The van der Waals surface area contributed by atoms with Gasteiger partial charge in [-0.3, -0.25) is 0 Å². The summed E-state index contributed by atoms with van der Waals surface area (Å²) in [4.78, 5) is 0. The summed E-state index contributed by atoms with van der Waals surface area (Å²) in [6.07, 6.45) is 12.1. The van der Waals surface area contributed by atoms with E-state index in [2.05, 4.69) is 49.1 Å². The molecular weight excluding hydrogens is 315 g/mol. The van der Waals surface area contributed by atoms with Crippen molar-refractivity contribution in [1.29, 1.82) is 0 Å². The van der Waals surface area contributed by atoms with Crippen LogP contribution in [0.5, 0.6) is 0 Å². The maximum Gasteiger partial charge on any atom is 0.234 e.